The summed E-state index contributed by atoms with van der Waals surface area (Å²) >= 11 is 1.77. The minimum absolute atomic E-state index is 0.142. The van der Waals surface area contributed by atoms with Crippen LogP contribution in [0, 0.1) is 0 Å². The van der Waals surface area contributed by atoms with Crippen LogP contribution in [0.3, 0.4) is 0 Å². The number of carbonyl (C=O) groups is 1. The van der Waals surface area contributed by atoms with Crippen molar-refractivity contribution in [2.45, 2.75) is 12.5 Å². The average Bonchev–Trinajstić information content (AvgIpc) is 3.16. The summed E-state index contributed by atoms with van der Waals surface area (Å²) in [7, 11) is 0. The van der Waals surface area contributed by atoms with Gasteiger partial charge in [0.2, 0.25) is 0 Å². The van der Waals surface area contributed by atoms with Crippen molar-refractivity contribution in [1.29, 1.82) is 0 Å². The fourth-order valence-corrected chi connectivity index (χ4v) is 4.48. The highest BCUT2D eigenvalue weighted by Crippen LogP contribution is 2.40. The first kappa shape index (κ1) is 15.8. The van der Waals surface area contributed by atoms with Crippen LogP contribution >= 0.6 is 11.3 Å². The van der Waals surface area contributed by atoms with Gasteiger partial charge in [-0.05, 0) is 47.9 Å². The molecular weight excluding hydrogens is 328 g/mol. The molecule has 1 unspecified atom stereocenters. The van der Waals surface area contributed by atoms with Gasteiger partial charge in [-0.1, -0.05) is 30.3 Å². The number of fused-ring (bicyclic) bond motifs is 1. The SMILES string of the molecule is O=CC=CN1CCc2ccccc2C1c1ccc(-c2ccccn2)s1. The zero-order valence-corrected chi connectivity index (χ0v) is 14.5. The third-order valence-electron chi connectivity index (χ3n) is 4.49. The highest BCUT2D eigenvalue weighted by atomic mass is 32.1. The summed E-state index contributed by atoms with van der Waals surface area (Å²) in [6, 6.07) is 19.0. The van der Waals surface area contributed by atoms with Crippen LogP contribution in [0.25, 0.3) is 10.6 Å². The predicted octanol–water partition coefficient (Wildman–Crippen LogP) is 4.47. The van der Waals surface area contributed by atoms with Crippen molar-refractivity contribution in [2.75, 3.05) is 6.54 Å². The largest absolute Gasteiger partial charge is 0.365 e. The topological polar surface area (TPSA) is 33.2 Å². The molecule has 25 heavy (non-hydrogen) atoms. The Morgan fingerprint density at radius 2 is 1.96 bits per heavy atom. The number of hydrogen-bond acceptors (Lipinski definition) is 4. The number of benzene rings is 1. The van der Waals surface area contributed by atoms with Gasteiger partial charge in [-0.25, -0.2) is 0 Å². The van der Waals surface area contributed by atoms with Crippen LogP contribution in [0.4, 0.5) is 0 Å². The number of rotatable bonds is 4. The summed E-state index contributed by atoms with van der Waals surface area (Å²) in [5.41, 5.74) is 3.70. The van der Waals surface area contributed by atoms with Crippen LogP contribution in [-0.4, -0.2) is 22.7 Å². The molecule has 4 heteroatoms. The van der Waals surface area contributed by atoms with Gasteiger partial charge in [-0.15, -0.1) is 11.3 Å². The van der Waals surface area contributed by atoms with Crippen molar-refractivity contribution in [2.24, 2.45) is 0 Å². The molecule has 2 aromatic heterocycles. The number of aldehydes is 1. The fraction of sp³-hybridized carbons (Fsp3) is 0.143. The lowest BCUT2D eigenvalue weighted by molar-refractivity contribution is -0.104. The van der Waals surface area contributed by atoms with Crippen LogP contribution in [0.2, 0.25) is 0 Å². The average molecular weight is 346 g/mol. The van der Waals surface area contributed by atoms with Crippen LogP contribution in [0.15, 0.2) is 73.1 Å². The zero-order chi connectivity index (χ0) is 17.1. The van der Waals surface area contributed by atoms with Crippen LogP contribution in [-0.2, 0) is 11.2 Å². The molecule has 4 rings (SSSR count). The van der Waals surface area contributed by atoms with Crippen LogP contribution in [0.1, 0.15) is 22.0 Å². The van der Waals surface area contributed by atoms with E-state index >= 15 is 0 Å². The Bertz CT molecular complexity index is 901. The minimum Gasteiger partial charge on any atom is -0.365 e. The number of allylic oxidation sites excluding steroid dienone is 1. The lowest BCUT2D eigenvalue weighted by Gasteiger charge is -2.36. The van der Waals surface area contributed by atoms with Crippen LogP contribution < -0.4 is 0 Å². The Hall–Kier alpha value is -2.72. The summed E-state index contributed by atoms with van der Waals surface area (Å²) in [5.74, 6) is 0. The van der Waals surface area contributed by atoms with Crippen molar-refractivity contribution >= 4 is 17.6 Å². The molecule has 1 aliphatic rings. The standard InChI is InChI=1S/C21H18N2OS/c24-15-5-13-23-14-11-16-6-1-2-7-17(16)21(23)20-10-9-19(25-20)18-8-3-4-12-22-18/h1-10,12-13,15,21H,11,14H2. The molecule has 1 aromatic carbocycles. The molecule has 0 spiro atoms. The Morgan fingerprint density at radius 1 is 1.08 bits per heavy atom. The normalized spacial score (nSPS) is 16.8. The van der Waals surface area contributed by atoms with Crippen molar-refractivity contribution in [3.63, 3.8) is 0 Å². The van der Waals surface area contributed by atoms with Gasteiger partial charge in [0.15, 0.2) is 0 Å². The highest BCUT2D eigenvalue weighted by molar-refractivity contribution is 7.15. The number of hydrogen-bond donors (Lipinski definition) is 0. The highest BCUT2D eigenvalue weighted by Gasteiger charge is 2.27. The van der Waals surface area contributed by atoms with E-state index in [9.17, 15) is 4.79 Å². The lowest BCUT2D eigenvalue weighted by atomic mass is 9.92. The molecule has 0 radical (unpaired) electrons. The van der Waals surface area contributed by atoms with Gasteiger partial charge >= 0.3 is 0 Å². The van der Waals surface area contributed by atoms with E-state index in [-0.39, 0.29) is 6.04 Å². The van der Waals surface area contributed by atoms with E-state index < -0.39 is 0 Å². The molecule has 1 aliphatic heterocycles. The molecule has 1 atom stereocenters. The monoisotopic (exact) mass is 346 g/mol. The molecule has 0 saturated carbocycles. The first-order valence-corrected chi connectivity index (χ1v) is 9.15. The van der Waals surface area contributed by atoms with Crippen molar-refractivity contribution in [3.8, 4) is 10.6 Å². The summed E-state index contributed by atoms with van der Waals surface area (Å²) in [5, 5.41) is 0. The maximum atomic E-state index is 10.8. The van der Waals surface area contributed by atoms with E-state index in [0.717, 1.165) is 29.8 Å². The van der Waals surface area contributed by atoms with E-state index in [2.05, 4.69) is 46.3 Å². The molecule has 0 bridgehead atoms. The third kappa shape index (κ3) is 3.13. The van der Waals surface area contributed by atoms with E-state index in [4.69, 9.17) is 0 Å². The second-order valence-electron chi connectivity index (χ2n) is 5.98. The van der Waals surface area contributed by atoms with Crippen molar-refractivity contribution < 1.29 is 4.79 Å². The Kier molecular flexibility index (Phi) is 4.44. The van der Waals surface area contributed by atoms with E-state index in [0.29, 0.717) is 0 Å². The number of carbonyl (C=O) groups excluding carboxylic acids is 1. The molecule has 0 aliphatic carbocycles. The van der Waals surface area contributed by atoms with Gasteiger partial charge < -0.3 is 4.90 Å². The Morgan fingerprint density at radius 3 is 2.80 bits per heavy atom. The van der Waals surface area contributed by atoms with E-state index in [1.807, 2.05) is 30.6 Å². The number of thiophene rings is 1. The first-order chi connectivity index (χ1) is 12.4. The summed E-state index contributed by atoms with van der Waals surface area (Å²) < 4.78 is 0. The molecule has 3 nitrogen and oxygen atoms in total. The molecule has 3 aromatic rings. The fourth-order valence-electron chi connectivity index (χ4n) is 3.35. The Labute approximate surface area is 151 Å². The van der Waals surface area contributed by atoms with Gasteiger partial charge in [0.25, 0.3) is 0 Å². The lowest BCUT2D eigenvalue weighted by Crippen LogP contribution is -2.31. The van der Waals surface area contributed by atoms with E-state index in [1.165, 1.54) is 16.0 Å². The van der Waals surface area contributed by atoms with Gasteiger partial charge in [0.1, 0.15) is 6.29 Å². The number of pyridine rings is 1. The van der Waals surface area contributed by atoms with Gasteiger partial charge in [0, 0.05) is 23.8 Å². The molecular formula is C21H18N2OS. The molecule has 0 N–H and O–H groups in total. The molecule has 0 amide bonds. The van der Waals surface area contributed by atoms with Gasteiger partial charge in [-0.2, -0.15) is 0 Å². The Balaban J connectivity index is 1.76. The summed E-state index contributed by atoms with van der Waals surface area (Å²) in [4.78, 5) is 19.9. The molecule has 0 saturated heterocycles. The van der Waals surface area contributed by atoms with E-state index in [1.54, 1.807) is 17.4 Å². The second kappa shape index (κ2) is 7.03. The molecule has 3 heterocycles. The van der Waals surface area contributed by atoms with Crippen molar-refractivity contribution in [1.82, 2.24) is 9.88 Å². The van der Waals surface area contributed by atoms with Gasteiger partial charge in [0.05, 0.1) is 16.6 Å². The minimum atomic E-state index is 0.142. The second-order valence-corrected chi connectivity index (χ2v) is 7.10. The number of nitrogens with zero attached hydrogens (tertiary/aromatic N) is 2. The summed E-state index contributed by atoms with van der Waals surface area (Å²) in [6.07, 6.45) is 7.14. The molecule has 124 valence electrons. The maximum Gasteiger partial charge on any atom is 0.144 e. The number of aromatic nitrogens is 1. The predicted molar refractivity (Wildman–Crippen MR) is 101 cm³/mol. The zero-order valence-electron chi connectivity index (χ0n) is 13.7. The third-order valence-corrected chi connectivity index (χ3v) is 5.65. The smallest absolute Gasteiger partial charge is 0.144 e. The van der Waals surface area contributed by atoms with Crippen molar-refractivity contribution in [3.05, 3.63) is 89.1 Å². The molecule has 0 fully saturated rings. The summed E-state index contributed by atoms with van der Waals surface area (Å²) in [6.45, 7) is 0.906. The van der Waals surface area contributed by atoms with Crippen LogP contribution in [0.5, 0.6) is 0 Å². The quantitative estimate of drug-likeness (QED) is 0.516. The first-order valence-electron chi connectivity index (χ1n) is 8.33. The maximum absolute atomic E-state index is 10.8. The van der Waals surface area contributed by atoms with Gasteiger partial charge in [-0.3, -0.25) is 9.78 Å².